The van der Waals surface area contributed by atoms with E-state index in [1.165, 1.54) is 0 Å². The van der Waals surface area contributed by atoms with Crippen LogP contribution < -0.4 is 11.1 Å². The smallest absolute Gasteiger partial charge is 0.244 e. The SMILES string of the molecule is COCCOCCCNC(=O)C(C)(N)c1ccccc1.Cl. The van der Waals surface area contributed by atoms with E-state index in [4.69, 9.17) is 15.2 Å². The average Bonchev–Trinajstić information content (AvgIpc) is 2.47. The molecule has 5 nitrogen and oxygen atoms in total. The molecule has 3 N–H and O–H groups in total. The Balaban J connectivity index is 0.00000400. The van der Waals surface area contributed by atoms with Crippen molar-refractivity contribution in [1.82, 2.24) is 5.32 Å². The standard InChI is InChI=1S/C15H24N2O3.ClH/c1-15(16,13-7-4-3-5-8-13)14(18)17-9-6-10-20-12-11-19-2;/h3-5,7-8H,6,9-12,16H2,1-2H3,(H,17,18);1H. The molecule has 1 unspecified atom stereocenters. The van der Waals surface area contributed by atoms with Crippen LogP contribution in [0.1, 0.15) is 18.9 Å². The van der Waals surface area contributed by atoms with Crippen LogP contribution in [-0.2, 0) is 19.8 Å². The molecule has 0 aliphatic rings. The van der Waals surface area contributed by atoms with E-state index in [1.807, 2.05) is 30.3 Å². The van der Waals surface area contributed by atoms with Crippen LogP contribution >= 0.6 is 12.4 Å². The maximum absolute atomic E-state index is 12.1. The quantitative estimate of drug-likeness (QED) is 0.676. The van der Waals surface area contributed by atoms with Crippen molar-refractivity contribution in [2.75, 3.05) is 33.5 Å². The molecule has 0 bridgehead atoms. The van der Waals surface area contributed by atoms with Crippen LogP contribution in [0.15, 0.2) is 30.3 Å². The fourth-order valence-electron chi connectivity index (χ4n) is 1.72. The second-order valence-corrected chi connectivity index (χ2v) is 4.78. The Bertz CT molecular complexity index is 399. The highest BCUT2D eigenvalue weighted by molar-refractivity contribution is 5.86. The molecule has 6 heteroatoms. The maximum Gasteiger partial charge on any atom is 0.244 e. The van der Waals surface area contributed by atoms with Crippen molar-refractivity contribution >= 4 is 18.3 Å². The molecule has 0 aliphatic heterocycles. The number of hydrogen-bond donors (Lipinski definition) is 2. The third kappa shape index (κ3) is 6.91. The first kappa shape index (κ1) is 19.9. The summed E-state index contributed by atoms with van der Waals surface area (Å²) in [6.07, 6.45) is 0.750. The molecular weight excluding hydrogens is 292 g/mol. The highest BCUT2D eigenvalue weighted by atomic mass is 35.5. The van der Waals surface area contributed by atoms with Crippen LogP contribution in [0.5, 0.6) is 0 Å². The van der Waals surface area contributed by atoms with Gasteiger partial charge in [0.2, 0.25) is 5.91 Å². The molecule has 0 aliphatic carbocycles. The molecule has 1 atom stereocenters. The highest BCUT2D eigenvalue weighted by Crippen LogP contribution is 2.17. The fourth-order valence-corrected chi connectivity index (χ4v) is 1.72. The van der Waals surface area contributed by atoms with Gasteiger partial charge >= 0.3 is 0 Å². The molecule has 0 fully saturated rings. The van der Waals surface area contributed by atoms with E-state index in [9.17, 15) is 4.79 Å². The van der Waals surface area contributed by atoms with Gasteiger partial charge in [-0.05, 0) is 18.9 Å². The second kappa shape index (κ2) is 10.6. The van der Waals surface area contributed by atoms with E-state index in [1.54, 1.807) is 14.0 Å². The number of nitrogens with two attached hydrogens (primary N) is 1. The van der Waals surface area contributed by atoms with Gasteiger partial charge in [0.25, 0.3) is 0 Å². The number of amides is 1. The largest absolute Gasteiger partial charge is 0.382 e. The van der Waals surface area contributed by atoms with Crippen LogP contribution in [-0.4, -0.2) is 39.4 Å². The lowest BCUT2D eigenvalue weighted by molar-refractivity contribution is -0.126. The molecule has 0 spiro atoms. The van der Waals surface area contributed by atoms with Gasteiger partial charge in [-0.2, -0.15) is 0 Å². The highest BCUT2D eigenvalue weighted by Gasteiger charge is 2.29. The van der Waals surface area contributed by atoms with Gasteiger partial charge in [0.05, 0.1) is 13.2 Å². The number of hydrogen-bond acceptors (Lipinski definition) is 4. The molecule has 0 aromatic heterocycles. The molecule has 120 valence electrons. The Morgan fingerprint density at radius 2 is 1.90 bits per heavy atom. The van der Waals surface area contributed by atoms with Crippen LogP contribution in [0.4, 0.5) is 0 Å². The number of methoxy groups -OCH3 is 1. The Morgan fingerprint density at radius 3 is 2.52 bits per heavy atom. The first-order valence-electron chi connectivity index (χ1n) is 6.78. The van der Waals surface area contributed by atoms with E-state index in [2.05, 4.69) is 5.32 Å². The Morgan fingerprint density at radius 1 is 1.24 bits per heavy atom. The van der Waals surface area contributed by atoms with Crippen LogP contribution in [0.2, 0.25) is 0 Å². The summed E-state index contributed by atoms with van der Waals surface area (Å²) in [5.74, 6) is -0.180. The van der Waals surface area contributed by atoms with Gasteiger partial charge in [-0.25, -0.2) is 0 Å². The molecule has 0 heterocycles. The van der Waals surface area contributed by atoms with Crippen molar-refractivity contribution in [2.45, 2.75) is 18.9 Å². The Kier molecular flexibility index (Phi) is 9.99. The summed E-state index contributed by atoms with van der Waals surface area (Å²) in [7, 11) is 1.63. The molecule has 1 aromatic carbocycles. The predicted octanol–water partition coefficient (Wildman–Crippen LogP) is 1.45. The maximum atomic E-state index is 12.1. The third-order valence-electron chi connectivity index (χ3n) is 3.03. The second-order valence-electron chi connectivity index (χ2n) is 4.78. The zero-order chi connectivity index (χ0) is 14.8. The van der Waals surface area contributed by atoms with Gasteiger partial charge < -0.3 is 20.5 Å². The number of ether oxygens (including phenoxy) is 2. The zero-order valence-electron chi connectivity index (χ0n) is 12.6. The van der Waals surface area contributed by atoms with Crippen molar-refractivity contribution < 1.29 is 14.3 Å². The normalized spacial score (nSPS) is 13.1. The Hall–Kier alpha value is -1.14. The molecule has 0 saturated heterocycles. The molecule has 0 radical (unpaired) electrons. The summed E-state index contributed by atoms with van der Waals surface area (Å²) < 4.78 is 10.2. The van der Waals surface area contributed by atoms with Gasteiger partial charge in [-0.3, -0.25) is 4.79 Å². The van der Waals surface area contributed by atoms with Crippen molar-refractivity contribution in [3.63, 3.8) is 0 Å². The summed E-state index contributed by atoms with van der Waals surface area (Å²) in [5.41, 5.74) is 5.89. The number of benzene rings is 1. The summed E-state index contributed by atoms with van der Waals surface area (Å²) in [6, 6.07) is 9.35. The zero-order valence-corrected chi connectivity index (χ0v) is 13.4. The lowest BCUT2D eigenvalue weighted by atomic mass is 9.92. The third-order valence-corrected chi connectivity index (χ3v) is 3.03. The predicted molar refractivity (Wildman–Crippen MR) is 85.6 cm³/mol. The van der Waals surface area contributed by atoms with E-state index in [0.717, 1.165) is 12.0 Å². The molecule has 21 heavy (non-hydrogen) atoms. The van der Waals surface area contributed by atoms with E-state index < -0.39 is 5.54 Å². The summed E-state index contributed by atoms with van der Waals surface area (Å²) in [5, 5.41) is 2.84. The minimum Gasteiger partial charge on any atom is -0.382 e. The molecule has 0 saturated carbocycles. The molecule has 1 rings (SSSR count). The molecule has 1 amide bonds. The molecular formula is C15H25ClN2O3. The van der Waals surface area contributed by atoms with Gasteiger partial charge in [0, 0.05) is 20.3 Å². The first-order chi connectivity index (χ1) is 9.59. The lowest BCUT2D eigenvalue weighted by Crippen LogP contribution is -2.49. The number of carbonyl (C=O) groups is 1. The number of rotatable bonds is 9. The van der Waals surface area contributed by atoms with Crippen LogP contribution in [0.25, 0.3) is 0 Å². The first-order valence-corrected chi connectivity index (χ1v) is 6.78. The fraction of sp³-hybridized carbons (Fsp3) is 0.533. The summed E-state index contributed by atoms with van der Waals surface area (Å²) >= 11 is 0. The summed E-state index contributed by atoms with van der Waals surface area (Å²) in [6.45, 7) is 4.01. The van der Waals surface area contributed by atoms with E-state index >= 15 is 0 Å². The van der Waals surface area contributed by atoms with E-state index in [-0.39, 0.29) is 18.3 Å². The minimum atomic E-state index is -1.02. The monoisotopic (exact) mass is 316 g/mol. The van der Waals surface area contributed by atoms with Gasteiger partial charge in [-0.1, -0.05) is 30.3 Å². The Labute approximate surface area is 132 Å². The van der Waals surface area contributed by atoms with E-state index in [0.29, 0.717) is 26.4 Å². The summed E-state index contributed by atoms with van der Waals surface area (Å²) in [4.78, 5) is 12.1. The lowest BCUT2D eigenvalue weighted by Gasteiger charge is -2.24. The number of nitrogens with one attached hydrogen (secondary N) is 1. The van der Waals surface area contributed by atoms with Crippen molar-refractivity contribution in [3.8, 4) is 0 Å². The van der Waals surface area contributed by atoms with Crippen molar-refractivity contribution in [1.29, 1.82) is 0 Å². The van der Waals surface area contributed by atoms with Crippen LogP contribution in [0.3, 0.4) is 0 Å². The van der Waals surface area contributed by atoms with Crippen LogP contribution in [0, 0.1) is 0 Å². The molecule has 1 aromatic rings. The van der Waals surface area contributed by atoms with Crippen molar-refractivity contribution in [2.24, 2.45) is 5.73 Å². The minimum absolute atomic E-state index is 0. The van der Waals surface area contributed by atoms with Gasteiger partial charge in [-0.15, -0.1) is 12.4 Å². The number of carbonyl (C=O) groups excluding carboxylic acids is 1. The van der Waals surface area contributed by atoms with Gasteiger partial charge in [0.1, 0.15) is 5.54 Å². The van der Waals surface area contributed by atoms with Crippen molar-refractivity contribution in [3.05, 3.63) is 35.9 Å². The number of halogens is 1. The van der Waals surface area contributed by atoms with Gasteiger partial charge in [0.15, 0.2) is 0 Å². The topological polar surface area (TPSA) is 73.6 Å². The average molecular weight is 317 g/mol.